The number of nitrogens with zero attached hydrogens (tertiary/aromatic N) is 2. The zero-order valence-electron chi connectivity index (χ0n) is 6.02. The minimum Gasteiger partial charge on any atom is -0.478 e. The molecule has 0 saturated carbocycles. The second kappa shape index (κ2) is 3.43. The molecule has 0 spiro atoms. The molecular weight excluding hydrogens is 164 g/mol. The molecule has 0 aromatic carbocycles. The molecule has 1 heterocycles. The average molecular weight is 172 g/mol. The zero-order valence-corrected chi connectivity index (χ0v) is 6.84. The Hall–Kier alpha value is -0.970. The fourth-order valence-corrected chi connectivity index (χ4v) is 1.07. The van der Waals surface area contributed by atoms with Crippen LogP contribution in [0.4, 0.5) is 0 Å². The number of rotatable bonds is 2. The number of carbonyl (C=O) groups is 1. The maximum absolute atomic E-state index is 10.4. The van der Waals surface area contributed by atoms with E-state index in [-0.39, 0.29) is 5.57 Å². The van der Waals surface area contributed by atoms with Crippen molar-refractivity contribution in [3.8, 4) is 0 Å². The van der Waals surface area contributed by atoms with Gasteiger partial charge in [0.15, 0.2) is 0 Å². The molecule has 1 aliphatic heterocycles. The van der Waals surface area contributed by atoms with Crippen LogP contribution < -0.4 is 0 Å². The van der Waals surface area contributed by atoms with Crippen LogP contribution in [0.1, 0.15) is 0 Å². The maximum atomic E-state index is 10.4. The molecule has 4 nitrogen and oxygen atoms in total. The highest BCUT2D eigenvalue weighted by molar-refractivity contribution is 7.96. The molecule has 0 aliphatic carbocycles. The highest BCUT2D eigenvalue weighted by Gasteiger charge is 2.10. The summed E-state index contributed by atoms with van der Waals surface area (Å²) in [6.07, 6.45) is 4.81. The number of hydrogen-bond acceptors (Lipinski definition) is 4. The number of carboxylic acid groups (broad SMARTS) is 1. The molecule has 0 aromatic rings. The molecular formula is C6H8N2O2S. The van der Waals surface area contributed by atoms with Gasteiger partial charge in [-0.05, 0) is 0 Å². The first-order valence-corrected chi connectivity index (χ1v) is 4.18. The fourth-order valence-electron chi connectivity index (χ4n) is 0.670. The van der Waals surface area contributed by atoms with Crippen LogP contribution in [0, 0.1) is 0 Å². The van der Waals surface area contributed by atoms with E-state index in [2.05, 4.69) is 4.99 Å². The Bertz CT molecular complexity index is 225. The normalized spacial score (nSPS) is 16.5. The van der Waals surface area contributed by atoms with E-state index in [9.17, 15) is 4.79 Å². The van der Waals surface area contributed by atoms with Gasteiger partial charge in [-0.1, -0.05) is 11.9 Å². The molecule has 11 heavy (non-hydrogen) atoms. The van der Waals surface area contributed by atoms with Crippen LogP contribution in [-0.4, -0.2) is 34.5 Å². The standard InChI is InChI=1S/C6H8N2O2S/c1-11-8-3-5(6(9)10)2-7-4-8/h2-3H,4H2,1H3,(H,9,10). The van der Waals surface area contributed by atoms with E-state index in [0.717, 1.165) is 0 Å². The van der Waals surface area contributed by atoms with Crippen LogP contribution in [0.25, 0.3) is 0 Å². The molecule has 0 bridgehead atoms. The third kappa shape index (κ3) is 1.98. The number of aliphatic carboxylic acids is 1. The van der Waals surface area contributed by atoms with E-state index in [0.29, 0.717) is 6.67 Å². The Morgan fingerprint density at radius 3 is 3.18 bits per heavy atom. The Kier molecular flexibility index (Phi) is 2.53. The summed E-state index contributed by atoms with van der Waals surface area (Å²) in [4.78, 5) is 14.3. The van der Waals surface area contributed by atoms with Gasteiger partial charge >= 0.3 is 5.97 Å². The van der Waals surface area contributed by atoms with Gasteiger partial charge in [-0.25, -0.2) is 4.79 Å². The van der Waals surface area contributed by atoms with Crippen LogP contribution in [-0.2, 0) is 4.79 Å². The molecule has 0 radical (unpaired) electrons. The Labute approximate surface area is 68.7 Å². The quantitative estimate of drug-likeness (QED) is 0.619. The summed E-state index contributed by atoms with van der Waals surface area (Å²) in [6, 6.07) is 0. The van der Waals surface area contributed by atoms with Crippen molar-refractivity contribution in [1.82, 2.24) is 4.31 Å². The van der Waals surface area contributed by atoms with E-state index in [4.69, 9.17) is 5.11 Å². The summed E-state index contributed by atoms with van der Waals surface area (Å²) in [5, 5.41) is 8.56. The number of hydrogen-bond donors (Lipinski definition) is 1. The van der Waals surface area contributed by atoms with E-state index < -0.39 is 5.97 Å². The summed E-state index contributed by atoms with van der Waals surface area (Å²) in [5.41, 5.74) is 0.227. The monoisotopic (exact) mass is 172 g/mol. The maximum Gasteiger partial charge on any atom is 0.338 e. The van der Waals surface area contributed by atoms with Crippen molar-refractivity contribution in [1.29, 1.82) is 0 Å². The van der Waals surface area contributed by atoms with Crippen LogP contribution in [0.2, 0.25) is 0 Å². The SMILES string of the molecule is CSN1C=C(C(=O)O)C=NC1. The number of carboxylic acids is 1. The van der Waals surface area contributed by atoms with E-state index in [1.807, 2.05) is 6.26 Å². The van der Waals surface area contributed by atoms with Crippen LogP contribution >= 0.6 is 11.9 Å². The summed E-state index contributed by atoms with van der Waals surface area (Å²) in [7, 11) is 0. The second-order valence-corrected chi connectivity index (χ2v) is 2.78. The molecule has 0 fully saturated rings. The van der Waals surface area contributed by atoms with Gasteiger partial charge in [0.25, 0.3) is 0 Å². The van der Waals surface area contributed by atoms with Gasteiger partial charge < -0.3 is 9.41 Å². The smallest absolute Gasteiger partial charge is 0.338 e. The molecule has 1 N–H and O–H groups in total. The Morgan fingerprint density at radius 2 is 2.64 bits per heavy atom. The molecule has 0 unspecified atom stereocenters. The predicted octanol–water partition coefficient (Wildman–Crippen LogP) is 0.577. The van der Waals surface area contributed by atoms with Gasteiger partial charge in [-0.3, -0.25) is 4.99 Å². The Morgan fingerprint density at radius 1 is 1.91 bits per heavy atom. The topological polar surface area (TPSA) is 52.9 Å². The average Bonchev–Trinajstić information content (AvgIpc) is 2.05. The lowest BCUT2D eigenvalue weighted by atomic mass is 10.3. The highest BCUT2D eigenvalue weighted by Crippen LogP contribution is 2.11. The molecule has 5 heteroatoms. The third-order valence-electron chi connectivity index (χ3n) is 1.22. The molecule has 0 aromatic heterocycles. The van der Waals surface area contributed by atoms with E-state index >= 15 is 0 Å². The first-order valence-electron chi connectivity index (χ1n) is 2.99. The summed E-state index contributed by atoms with van der Waals surface area (Å²) in [5.74, 6) is -0.937. The van der Waals surface area contributed by atoms with Gasteiger partial charge in [0.1, 0.15) is 6.67 Å². The molecule has 1 aliphatic rings. The van der Waals surface area contributed by atoms with Crippen LogP contribution in [0.15, 0.2) is 16.8 Å². The lowest BCUT2D eigenvalue weighted by molar-refractivity contribution is -0.132. The zero-order chi connectivity index (χ0) is 8.27. The molecule has 0 amide bonds. The van der Waals surface area contributed by atoms with Crippen LogP contribution in [0.5, 0.6) is 0 Å². The third-order valence-corrected chi connectivity index (χ3v) is 1.91. The van der Waals surface area contributed by atoms with Gasteiger partial charge in [0.2, 0.25) is 0 Å². The van der Waals surface area contributed by atoms with Gasteiger partial charge in [0, 0.05) is 18.7 Å². The van der Waals surface area contributed by atoms with Crippen molar-refractivity contribution in [2.24, 2.45) is 4.99 Å². The second-order valence-electron chi connectivity index (χ2n) is 1.94. The lowest BCUT2D eigenvalue weighted by Gasteiger charge is -2.17. The minimum absolute atomic E-state index is 0.227. The highest BCUT2D eigenvalue weighted by atomic mass is 32.2. The van der Waals surface area contributed by atoms with Crippen LogP contribution in [0.3, 0.4) is 0 Å². The molecule has 0 atom stereocenters. The molecule has 1 rings (SSSR count). The van der Waals surface area contributed by atoms with Crippen molar-refractivity contribution in [3.05, 3.63) is 11.8 Å². The molecule has 60 valence electrons. The Balaban J connectivity index is 2.71. The minimum atomic E-state index is -0.937. The number of aliphatic imine (C=N–C) groups is 1. The lowest BCUT2D eigenvalue weighted by Crippen LogP contribution is -2.17. The first-order chi connectivity index (χ1) is 5.24. The van der Waals surface area contributed by atoms with E-state index in [1.54, 1.807) is 10.5 Å². The summed E-state index contributed by atoms with van der Waals surface area (Å²) in [6.45, 7) is 0.526. The van der Waals surface area contributed by atoms with Crippen molar-refractivity contribution in [2.75, 3.05) is 12.9 Å². The van der Waals surface area contributed by atoms with Crippen molar-refractivity contribution >= 4 is 24.1 Å². The summed E-state index contributed by atoms with van der Waals surface area (Å²) >= 11 is 1.45. The molecule has 0 saturated heterocycles. The summed E-state index contributed by atoms with van der Waals surface area (Å²) < 4.78 is 1.75. The van der Waals surface area contributed by atoms with Gasteiger partial charge in [0.05, 0.1) is 5.57 Å². The van der Waals surface area contributed by atoms with Crippen molar-refractivity contribution in [3.63, 3.8) is 0 Å². The predicted molar refractivity (Wildman–Crippen MR) is 44.4 cm³/mol. The van der Waals surface area contributed by atoms with Gasteiger partial charge in [-0.15, -0.1) is 0 Å². The van der Waals surface area contributed by atoms with Crippen molar-refractivity contribution in [2.45, 2.75) is 0 Å². The largest absolute Gasteiger partial charge is 0.478 e. The van der Waals surface area contributed by atoms with E-state index in [1.165, 1.54) is 18.2 Å². The van der Waals surface area contributed by atoms with Gasteiger partial charge in [-0.2, -0.15) is 0 Å². The fraction of sp³-hybridized carbons (Fsp3) is 0.333. The van der Waals surface area contributed by atoms with Crippen molar-refractivity contribution < 1.29 is 9.90 Å². The first kappa shape index (κ1) is 8.13.